The van der Waals surface area contributed by atoms with Gasteiger partial charge < -0.3 is 14.6 Å². The third-order valence-corrected chi connectivity index (χ3v) is 6.51. The van der Waals surface area contributed by atoms with Crippen molar-refractivity contribution in [2.45, 2.75) is 52.7 Å². The van der Waals surface area contributed by atoms with E-state index in [9.17, 15) is 4.79 Å². The quantitative estimate of drug-likeness (QED) is 0.815. The number of carbonyl (C=O) groups is 1. The van der Waals surface area contributed by atoms with E-state index in [-0.39, 0.29) is 6.10 Å². The minimum absolute atomic E-state index is 0.00793. The molecule has 0 spiro atoms. The zero-order chi connectivity index (χ0) is 19.8. The van der Waals surface area contributed by atoms with Gasteiger partial charge in [-0.15, -0.1) is 0 Å². The smallest absolute Gasteiger partial charge is 0.152 e. The lowest BCUT2D eigenvalue weighted by Crippen LogP contribution is -2.52. The lowest BCUT2D eigenvalue weighted by molar-refractivity contribution is -0.0108. The fourth-order valence-corrected chi connectivity index (χ4v) is 4.70. The molecule has 2 saturated heterocycles. The van der Waals surface area contributed by atoms with Crippen LogP contribution in [0.2, 0.25) is 0 Å². The van der Waals surface area contributed by atoms with Gasteiger partial charge in [0.15, 0.2) is 6.29 Å². The van der Waals surface area contributed by atoms with Gasteiger partial charge in [0.2, 0.25) is 0 Å². The van der Waals surface area contributed by atoms with Crippen LogP contribution in [0, 0.1) is 12.8 Å². The monoisotopic (exact) mass is 384 g/mol. The molecule has 2 aliphatic rings. The van der Waals surface area contributed by atoms with Crippen molar-refractivity contribution in [3.8, 4) is 0 Å². The number of hydrogen-bond donors (Lipinski definition) is 1. The number of carbonyl (C=O) groups excluding carboxylic acids is 1. The van der Waals surface area contributed by atoms with E-state index >= 15 is 0 Å². The summed E-state index contributed by atoms with van der Waals surface area (Å²) in [5, 5.41) is 0. The highest BCUT2D eigenvalue weighted by Crippen LogP contribution is 2.35. The number of hydrogen-bond acceptors (Lipinski definition) is 5. The summed E-state index contributed by atoms with van der Waals surface area (Å²) in [6, 6.07) is 2.59. The molecule has 1 N–H and O–H groups in total. The predicted molar refractivity (Wildman–Crippen MR) is 112 cm³/mol. The molecule has 1 aromatic carbocycles. The Kier molecular flexibility index (Phi) is 5.43. The number of likely N-dealkylation sites (N-methyl/N-ethyl adjacent to an activating group) is 1. The Morgan fingerprint density at radius 1 is 1.36 bits per heavy atom. The number of anilines is 1. The third-order valence-electron chi connectivity index (χ3n) is 6.51. The third kappa shape index (κ3) is 3.44. The van der Waals surface area contributed by atoms with Crippen LogP contribution in [0.15, 0.2) is 6.07 Å². The van der Waals surface area contributed by atoms with E-state index in [2.05, 4.69) is 41.6 Å². The molecule has 3 atom stereocenters. The van der Waals surface area contributed by atoms with Crippen molar-refractivity contribution in [1.82, 2.24) is 14.9 Å². The second-order valence-corrected chi connectivity index (χ2v) is 8.50. The van der Waals surface area contributed by atoms with Crippen LogP contribution in [0.1, 0.15) is 61.5 Å². The molecule has 28 heavy (non-hydrogen) atoms. The predicted octanol–water partition coefficient (Wildman–Crippen LogP) is 3.70. The van der Waals surface area contributed by atoms with E-state index in [0.29, 0.717) is 17.5 Å². The highest BCUT2D eigenvalue weighted by atomic mass is 16.5. The van der Waals surface area contributed by atoms with Crippen molar-refractivity contribution in [1.29, 1.82) is 0 Å². The number of nitrogens with zero attached hydrogens (tertiary/aromatic N) is 3. The Labute approximate surface area is 167 Å². The largest absolute Gasteiger partial charge is 0.370 e. The van der Waals surface area contributed by atoms with E-state index in [4.69, 9.17) is 9.72 Å². The minimum Gasteiger partial charge on any atom is -0.370 e. The number of rotatable bonds is 4. The molecule has 2 aromatic rings. The summed E-state index contributed by atoms with van der Waals surface area (Å²) in [4.78, 5) is 25.2. The van der Waals surface area contributed by atoms with Crippen LogP contribution in [0.5, 0.6) is 0 Å². The molecule has 2 unspecified atom stereocenters. The zero-order valence-electron chi connectivity index (χ0n) is 17.5. The Balaban J connectivity index is 1.72. The second kappa shape index (κ2) is 7.84. The van der Waals surface area contributed by atoms with Crippen LogP contribution in [0.25, 0.3) is 11.0 Å². The number of H-pyrrole nitrogens is 1. The van der Waals surface area contributed by atoms with Crippen molar-refractivity contribution in [2.24, 2.45) is 5.92 Å². The summed E-state index contributed by atoms with van der Waals surface area (Å²) in [5.41, 5.74) is 4.57. The molecule has 1 aromatic heterocycles. The van der Waals surface area contributed by atoms with Crippen LogP contribution < -0.4 is 4.90 Å². The van der Waals surface area contributed by atoms with E-state index in [1.807, 2.05) is 6.92 Å². The number of benzene rings is 1. The number of piperazine rings is 1. The van der Waals surface area contributed by atoms with Gasteiger partial charge in [-0.05, 0) is 50.8 Å². The first kappa shape index (κ1) is 19.4. The van der Waals surface area contributed by atoms with Crippen LogP contribution in [-0.2, 0) is 4.74 Å². The van der Waals surface area contributed by atoms with Gasteiger partial charge in [-0.3, -0.25) is 9.69 Å². The van der Waals surface area contributed by atoms with Gasteiger partial charge in [-0.25, -0.2) is 4.98 Å². The van der Waals surface area contributed by atoms with Gasteiger partial charge in [-0.2, -0.15) is 0 Å². The second-order valence-electron chi connectivity index (χ2n) is 8.50. The van der Waals surface area contributed by atoms with Crippen LogP contribution >= 0.6 is 0 Å². The number of aldehydes is 1. The molecule has 0 radical (unpaired) electrons. The van der Waals surface area contributed by atoms with Crippen LogP contribution in [0.3, 0.4) is 0 Å². The molecule has 6 nitrogen and oxygen atoms in total. The lowest BCUT2D eigenvalue weighted by atomic mass is 9.97. The summed E-state index contributed by atoms with van der Waals surface area (Å²) in [7, 11) is 0. The highest BCUT2D eigenvalue weighted by Gasteiger charge is 2.28. The molecule has 2 fully saturated rings. The highest BCUT2D eigenvalue weighted by molar-refractivity contribution is 5.99. The molecular weight excluding hydrogens is 352 g/mol. The molecule has 0 amide bonds. The number of imidazole rings is 1. The van der Waals surface area contributed by atoms with Crippen molar-refractivity contribution in [3.63, 3.8) is 0 Å². The molecular formula is C22H32N4O2. The van der Waals surface area contributed by atoms with E-state index < -0.39 is 0 Å². The number of fused-ring (bicyclic) bond motifs is 1. The standard InChI is InChI=1S/C22H32N4O2/c1-5-25-7-8-26(15(3)12-25)19-11-18-21(17(13-27)16(19)4)24-22(23-18)20-10-14(2)6-9-28-20/h11,13-15,20H,5-10,12H2,1-4H3,(H,23,24)/t14?,15-,20?/m0/s1. The normalized spacial score (nSPS) is 26.7. The van der Waals surface area contributed by atoms with E-state index in [1.165, 1.54) is 0 Å². The van der Waals surface area contributed by atoms with Crippen molar-refractivity contribution < 1.29 is 9.53 Å². The van der Waals surface area contributed by atoms with Crippen LogP contribution in [-0.4, -0.2) is 60.0 Å². The first-order valence-electron chi connectivity index (χ1n) is 10.6. The molecule has 0 saturated carbocycles. The topological polar surface area (TPSA) is 61.5 Å². The van der Waals surface area contributed by atoms with Gasteiger partial charge in [-0.1, -0.05) is 13.8 Å². The number of aromatic nitrogens is 2. The van der Waals surface area contributed by atoms with Gasteiger partial charge in [0.1, 0.15) is 11.9 Å². The molecule has 2 aliphatic heterocycles. The Morgan fingerprint density at radius 3 is 2.86 bits per heavy atom. The molecule has 0 bridgehead atoms. The first-order valence-corrected chi connectivity index (χ1v) is 10.6. The Hall–Kier alpha value is -1.92. The number of nitrogens with one attached hydrogen (secondary N) is 1. The molecule has 0 aliphatic carbocycles. The first-order chi connectivity index (χ1) is 13.5. The fourth-order valence-electron chi connectivity index (χ4n) is 4.70. The molecule has 3 heterocycles. The summed E-state index contributed by atoms with van der Waals surface area (Å²) >= 11 is 0. The van der Waals surface area contributed by atoms with Crippen LogP contribution in [0.4, 0.5) is 5.69 Å². The Morgan fingerprint density at radius 2 is 2.18 bits per heavy atom. The van der Waals surface area contributed by atoms with E-state index in [1.54, 1.807) is 0 Å². The van der Waals surface area contributed by atoms with Crippen molar-refractivity contribution >= 4 is 23.0 Å². The summed E-state index contributed by atoms with van der Waals surface area (Å²) in [5.74, 6) is 1.48. The number of ether oxygens (including phenoxy) is 1. The summed E-state index contributed by atoms with van der Waals surface area (Å²) in [6.45, 7) is 13.7. The SMILES string of the molecule is CCN1CCN(c2cc3[nH]c(C4CC(C)CCO4)nc3c(C=O)c2C)[C@@H](C)C1. The van der Waals surface area contributed by atoms with Crippen molar-refractivity contribution in [3.05, 3.63) is 23.0 Å². The summed E-state index contributed by atoms with van der Waals surface area (Å²) in [6.07, 6.45) is 3.02. The fraction of sp³-hybridized carbons (Fsp3) is 0.636. The van der Waals surface area contributed by atoms with Crippen molar-refractivity contribution in [2.75, 3.05) is 37.7 Å². The van der Waals surface area contributed by atoms with Gasteiger partial charge in [0.25, 0.3) is 0 Å². The maximum atomic E-state index is 12.0. The zero-order valence-corrected chi connectivity index (χ0v) is 17.5. The maximum Gasteiger partial charge on any atom is 0.152 e. The van der Waals surface area contributed by atoms with Gasteiger partial charge in [0, 0.05) is 43.5 Å². The molecule has 152 valence electrons. The van der Waals surface area contributed by atoms with E-state index in [0.717, 1.165) is 80.0 Å². The molecule has 6 heteroatoms. The molecule has 4 rings (SSSR count). The Bertz CT molecular complexity index is 862. The minimum atomic E-state index is -0.00793. The lowest BCUT2D eigenvalue weighted by Gasteiger charge is -2.41. The van der Waals surface area contributed by atoms with Gasteiger partial charge in [0.05, 0.1) is 11.0 Å². The number of aromatic amines is 1. The average molecular weight is 385 g/mol. The average Bonchev–Trinajstić information content (AvgIpc) is 3.11. The summed E-state index contributed by atoms with van der Waals surface area (Å²) < 4.78 is 5.96. The van der Waals surface area contributed by atoms with Gasteiger partial charge >= 0.3 is 0 Å². The maximum absolute atomic E-state index is 12.0.